The lowest BCUT2D eigenvalue weighted by atomic mass is 10.2. The Morgan fingerprint density at radius 1 is 0.938 bits per heavy atom. The molecule has 4 aromatic rings. The van der Waals surface area contributed by atoms with Crippen molar-refractivity contribution >= 4 is 33.6 Å². The summed E-state index contributed by atoms with van der Waals surface area (Å²) in [6.07, 6.45) is 1.86. The summed E-state index contributed by atoms with van der Waals surface area (Å²) in [5, 5.41) is 13.9. The second-order valence-corrected chi connectivity index (χ2v) is 9.13. The standard InChI is InChI=1S/C24H27N7S/c1-18-20(17-25-26-24-29(3)21-11-7-8-12-22(21)32-24)23(30-15-13-28(2)14-16-30)31(27-18)19-9-5-4-6-10-19/h4-12,17H,13-16H2,1-3H3/b25-17+,26-24-. The molecule has 7 nitrogen and oxygen atoms in total. The fourth-order valence-corrected chi connectivity index (χ4v) is 5.04. The Kier molecular flexibility index (Phi) is 5.63. The first-order valence-corrected chi connectivity index (χ1v) is 11.6. The van der Waals surface area contributed by atoms with Gasteiger partial charge in [-0.2, -0.15) is 10.2 Å². The van der Waals surface area contributed by atoms with Crippen LogP contribution in [0.2, 0.25) is 0 Å². The van der Waals surface area contributed by atoms with Crippen LogP contribution in [0.4, 0.5) is 5.82 Å². The van der Waals surface area contributed by atoms with Crippen molar-refractivity contribution in [3.63, 3.8) is 0 Å². The first kappa shape index (κ1) is 20.7. The largest absolute Gasteiger partial charge is 0.353 e. The number of thiazole rings is 1. The van der Waals surface area contributed by atoms with Crippen LogP contribution in [-0.4, -0.2) is 58.7 Å². The van der Waals surface area contributed by atoms with E-state index < -0.39 is 0 Å². The van der Waals surface area contributed by atoms with Gasteiger partial charge in [0, 0.05) is 33.2 Å². The predicted octanol–water partition coefficient (Wildman–Crippen LogP) is 3.42. The topological polar surface area (TPSA) is 54.0 Å². The minimum atomic E-state index is 0.872. The Morgan fingerprint density at radius 2 is 1.66 bits per heavy atom. The number of benzene rings is 2. The third-order valence-electron chi connectivity index (χ3n) is 5.93. The van der Waals surface area contributed by atoms with E-state index >= 15 is 0 Å². The maximum absolute atomic E-state index is 4.88. The van der Waals surface area contributed by atoms with Crippen LogP contribution < -0.4 is 9.70 Å². The van der Waals surface area contributed by atoms with Gasteiger partial charge in [0.2, 0.25) is 4.80 Å². The lowest BCUT2D eigenvalue weighted by Crippen LogP contribution is -2.45. The molecule has 8 heteroatoms. The molecule has 0 atom stereocenters. The van der Waals surface area contributed by atoms with Crippen molar-refractivity contribution in [2.24, 2.45) is 17.3 Å². The van der Waals surface area contributed by atoms with Crippen LogP contribution >= 0.6 is 11.3 Å². The molecule has 0 N–H and O–H groups in total. The Labute approximate surface area is 191 Å². The van der Waals surface area contributed by atoms with Crippen molar-refractivity contribution in [1.82, 2.24) is 19.2 Å². The summed E-state index contributed by atoms with van der Waals surface area (Å²) >= 11 is 1.64. The monoisotopic (exact) mass is 445 g/mol. The van der Waals surface area contributed by atoms with Crippen LogP contribution in [0.3, 0.4) is 0 Å². The first-order valence-electron chi connectivity index (χ1n) is 10.8. The number of hydrogen-bond acceptors (Lipinski definition) is 6. The fourth-order valence-electron chi connectivity index (χ4n) is 4.06. The van der Waals surface area contributed by atoms with Crippen molar-refractivity contribution in [1.29, 1.82) is 0 Å². The molecule has 0 amide bonds. The van der Waals surface area contributed by atoms with Gasteiger partial charge in [0.1, 0.15) is 5.82 Å². The van der Waals surface area contributed by atoms with Gasteiger partial charge >= 0.3 is 0 Å². The van der Waals surface area contributed by atoms with Crippen molar-refractivity contribution < 1.29 is 0 Å². The molecule has 0 saturated carbocycles. The molecule has 0 bridgehead atoms. The molecule has 3 heterocycles. The van der Waals surface area contributed by atoms with Crippen molar-refractivity contribution in [3.05, 3.63) is 70.7 Å². The zero-order valence-corrected chi connectivity index (χ0v) is 19.5. The first-order chi connectivity index (χ1) is 15.6. The minimum Gasteiger partial charge on any atom is -0.353 e. The molecule has 1 aliphatic rings. The van der Waals surface area contributed by atoms with E-state index in [9.17, 15) is 0 Å². The van der Waals surface area contributed by atoms with E-state index in [1.807, 2.05) is 49.1 Å². The van der Waals surface area contributed by atoms with Gasteiger partial charge in [-0.3, -0.25) is 0 Å². The average Bonchev–Trinajstić information content (AvgIpc) is 3.32. The number of nitrogens with zero attached hydrogens (tertiary/aromatic N) is 7. The summed E-state index contributed by atoms with van der Waals surface area (Å²) in [4.78, 5) is 5.64. The van der Waals surface area contributed by atoms with E-state index in [4.69, 9.17) is 5.10 Å². The van der Waals surface area contributed by atoms with Gasteiger partial charge in [-0.15, -0.1) is 5.10 Å². The number of likely N-dealkylation sites (N-methyl/N-ethyl adjacent to an activating group) is 1. The van der Waals surface area contributed by atoms with Crippen LogP contribution in [0.25, 0.3) is 15.9 Å². The Bertz CT molecular complexity index is 1320. The molecule has 1 aliphatic heterocycles. The second-order valence-electron chi connectivity index (χ2n) is 8.12. The molecule has 0 spiro atoms. The van der Waals surface area contributed by atoms with Crippen molar-refractivity contribution in [2.45, 2.75) is 6.92 Å². The molecular formula is C24H27N7S. The van der Waals surface area contributed by atoms with Crippen LogP contribution in [0, 0.1) is 6.92 Å². The molecule has 0 unspecified atom stereocenters. The van der Waals surface area contributed by atoms with Gasteiger partial charge in [-0.1, -0.05) is 41.7 Å². The lowest BCUT2D eigenvalue weighted by Gasteiger charge is -2.34. The number of hydrogen-bond donors (Lipinski definition) is 0. The molecule has 1 fully saturated rings. The number of aryl methyl sites for hydroxylation is 2. The SMILES string of the molecule is Cc1nn(-c2ccccc2)c(N2CCN(C)CC2)c1/C=N/N=c1\sc2ccccc2n1C. The van der Waals surface area contributed by atoms with Gasteiger partial charge in [0.05, 0.1) is 33.4 Å². The summed E-state index contributed by atoms with van der Waals surface area (Å²) in [7, 11) is 4.20. The smallest absolute Gasteiger partial charge is 0.211 e. The zero-order chi connectivity index (χ0) is 22.1. The maximum Gasteiger partial charge on any atom is 0.211 e. The van der Waals surface area contributed by atoms with Gasteiger partial charge in [-0.05, 0) is 38.2 Å². The molecule has 164 valence electrons. The highest BCUT2D eigenvalue weighted by molar-refractivity contribution is 7.16. The summed E-state index contributed by atoms with van der Waals surface area (Å²) in [6.45, 7) is 6.00. The number of para-hydroxylation sites is 2. The number of fused-ring (bicyclic) bond motifs is 1. The lowest BCUT2D eigenvalue weighted by molar-refractivity contribution is 0.311. The summed E-state index contributed by atoms with van der Waals surface area (Å²) < 4.78 is 5.33. The number of anilines is 1. The zero-order valence-electron chi connectivity index (χ0n) is 18.6. The molecule has 1 saturated heterocycles. The van der Waals surface area contributed by atoms with E-state index in [0.29, 0.717) is 0 Å². The fraction of sp³-hybridized carbons (Fsp3) is 0.292. The van der Waals surface area contributed by atoms with Crippen LogP contribution in [-0.2, 0) is 7.05 Å². The normalized spacial score (nSPS) is 16.0. The maximum atomic E-state index is 4.88. The highest BCUT2D eigenvalue weighted by Gasteiger charge is 2.23. The molecular weight excluding hydrogens is 418 g/mol. The summed E-state index contributed by atoms with van der Waals surface area (Å²) in [5.74, 6) is 1.08. The molecule has 5 rings (SSSR count). The van der Waals surface area contributed by atoms with Gasteiger partial charge in [0.25, 0.3) is 0 Å². The van der Waals surface area contributed by atoms with E-state index in [0.717, 1.165) is 59.3 Å². The predicted molar refractivity (Wildman–Crippen MR) is 132 cm³/mol. The van der Waals surface area contributed by atoms with E-state index in [1.165, 1.54) is 4.70 Å². The molecule has 0 radical (unpaired) electrons. The van der Waals surface area contributed by atoms with Crippen LogP contribution in [0.1, 0.15) is 11.3 Å². The number of piperazine rings is 1. The highest BCUT2D eigenvalue weighted by atomic mass is 32.1. The van der Waals surface area contributed by atoms with E-state index in [1.54, 1.807) is 11.3 Å². The third-order valence-corrected chi connectivity index (χ3v) is 7.03. The van der Waals surface area contributed by atoms with Gasteiger partial charge in [0.15, 0.2) is 0 Å². The van der Waals surface area contributed by atoms with Crippen LogP contribution in [0.5, 0.6) is 0 Å². The Hall–Kier alpha value is -3.23. The summed E-state index contributed by atoms with van der Waals surface area (Å²) in [6, 6.07) is 18.6. The summed E-state index contributed by atoms with van der Waals surface area (Å²) in [5.41, 5.74) is 4.18. The average molecular weight is 446 g/mol. The number of aromatic nitrogens is 3. The van der Waals surface area contributed by atoms with E-state index in [2.05, 4.69) is 61.9 Å². The second kappa shape index (κ2) is 8.72. The number of rotatable bonds is 4. The molecule has 0 aliphatic carbocycles. The van der Waals surface area contributed by atoms with Gasteiger partial charge in [-0.25, -0.2) is 4.68 Å². The van der Waals surface area contributed by atoms with Crippen molar-refractivity contribution in [2.75, 3.05) is 38.1 Å². The minimum absolute atomic E-state index is 0.872. The molecule has 2 aromatic carbocycles. The Morgan fingerprint density at radius 3 is 2.41 bits per heavy atom. The quantitative estimate of drug-likeness (QED) is 0.357. The van der Waals surface area contributed by atoms with Crippen LogP contribution in [0.15, 0.2) is 64.8 Å². The Balaban J connectivity index is 1.57. The third kappa shape index (κ3) is 3.87. The van der Waals surface area contributed by atoms with Gasteiger partial charge < -0.3 is 14.4 Å². The molecule has 2 aromatic heterocycles. The highest BCUT2D eigenvalue weighted by Crippen LogP contribution is 2.27. The molecule has 32 heavy (non-hydrogen) atoms. The van der Waals surface area contributed by atoms with Crippen molar-refractivity contribution in [3.8, 4) is 5.69 Å². The van der Waals surface area contributed by atoms with E-state index in [-0.39, 0.29) is 0 Å².